The molecule has 90 valence electrons. The van der Waals surface area contributed by atoms with Crippen molar-refractivity contribution < 1.29 is 0 Å². The highest BCUT2D eigenvalue weighted by molar-refractivity contribution is 5.67. The number of para-hydroxylation sites is 2. The second kappa shape index (κ2) is 7.15. The molecular formula is C14H24N2. The molecule has 2 nitrogen and oxygen atoms in total. The summed E-state index contributed by atoms with van der Waals surface area (Å²) in [4.78, 5) is 2.37. The van der Waals surface area contributed by atoms with Gasteiger partial charge in [0.2, 0.25) is 0 Å². The maximum atomic E-state index is 5.99. The van der Waals surface area contributed by atoms with Crippen LogP contribution in [0.2, 0.25) is 0 Å². The lowest BCUT2D eigenvalue weighted by atomic mass is 10.2. The van der Waals surface area contributed by atoms with Crippen molar-refractivity contribution >= 4 is 11.4 Å². The number of anilines is 2. The van der Waals surface area contributed by atoms with Gasteiger partial charge in [0.15, 0.2) is 0 Å². The third-order valence-electron chi connectivity index (χ3n) is 2.94. The zero-order valence-electron chi connectivity index (χ0n) is 10.6. The zero-order valence-corrected chi connectivity index (χ0v) is 10.6. The maximum absolute atomic E-state index is 5.99. The lowest BCUT2D eigenvalue weighted by Crippen LogP contribution is -2.24. The largest absolute Gasteiger partial charge is 0.397 e. The first kappa shape index (κ1) is 12.9. The number of benzene rings is 1. The summed E-state index contributed by atoms with van der Waals surface area (Å²) in [7, 11) is 0. The first-order valence-corrected chi connectivity index (χ1v) is 6.39. The Bertz CT molecular complexity index is 297. The third kappa shape index (κ3) is 3.76. The minimum Gasteiger partial charge on any atom is -0.397 e. The molecule has 2 N–H and O–H groups in total. The van der Waals surface area contributed by atoms with Crippen LogP contribution in [0.5, 0.6) is 0 Å². The molecule has 0 fully saturated rings. The summed E-state index contributed by atoms with van der Waals surface area (Å²) in [5, 5.41) is 0. The maximum Gasteiger partial charge on any atom is 0.0599 e. The summed E-state index contributed by atoms with van der Waals surface area (Å²) in [6.07, 6.45) is 5.21. The van der Waals surface area contributed by atoms with E-state index in [0.29, 0.717) is 0 Å². The highest BCUT2D eigenvalue weighted by Gasteiger charge is 2.06. The summed E-state index contributed by atoms with van der Waals surface area (Å²) in [6, 6.07) is 8.13. The monoisotopic (exact) mass is 220 g/mol. The van der Waals surface area contributed by atoms with Crippen molar-refractivity contribution in [2.75, 3.05) is 23.7 Å². The molecule has 0 spiro atoms. The SMILES string of the molecule is CCCCCCN(CC)c1ccccc1N. The summed E-state index contributed by atoms with van der Waals surface area (Å²) < 4.78 is 0. The number of nitrogen functional groups attached to an aromatic ring is 1. The van der Waals surface area contributed by atoms with E-state index in [9.17, 15) is 0 Å². The van der Waals surface area contributed by atoms with E-state index in [2.05, 4.69) is 30.9 Å². The van der Waals surface area contributed by atoms with Crippen molar-refractivity contribution in [3.05, 3.63) is 24.3 Å². The predicted octanol–water partition coefficient (Wildman–Crippen LogP) is 3.68. The van der Waals surface area contributed by atoms with Crippen LogP contribution in [0.15, 0.2) is 24.3 Å². The van der Waals surface area contributed by atoms with E-state index in [1.807, 2.05) is 12.1 Å². The number of nitrogens with zero attached hydrogens (tertiary/aromatic N) is 1. The highest BCUT2D eigenvalue weighted by atomic mass is 15.1. The minimum absolute atomic E-state index is 0.889. The van der Waals surface area contributed by atoms with Gasteiger partial charge in [-0.2, -0.15) is 0 Å². The molecule has 0 radical (unpaired) electrons. The van der Waals surface area contributed by atoms with Gasteiger partial charge in [0.1, 0.15) is 0 Å². The van der Waals surface area contributed by atoms with Crippen LogP contribution in [0.4, 0.5) is 11.4 Å². The number of unbranched alkanes of at least 4 members (excludes halogenated alkanes) is 3. The van der Waals surface area contributed by atoms with E-state index in [-0.39, 0.29) is 0 Å². The fourth-order valence-corrected chi connectivity index (χ4v) is 1.95. The molecular weight excluding hydrogens is 196 g/mol. The average Bonchev–Trinajstić information content (AvgIpc) is 2.31. The average molecular weight is 220 g/mol. The summed E-state index contributed by atoms with van der Waals surface area (Å²) in [5.41, 5.74) is 8.06. The smallest absolute Gasteiger partial charge is 0.0599 e. The molecule has 0 saturated carbocycles. The Morgan fingerprint density at radius 1 is 1.06 bits per heavy atom. The molecule has 0 aliphatic carbocycles. The van der Waals surface area contributed by atoms with Crippen molar-refractivity contribution in [1.29, 1.82) is 0 Å². The first-order chi connectivity index (χ1) is 7.79. The fraction of sp³-hybridized carbons (Fsp3) is 0.571. The Kier molecular flexibility index (Phi) is 5.76. The number of hydrogen-bond donors (Lipinski definition) is 1. The molecule has 0 atom stereocenters. The zero-order chi connectivity index (χ0) is 11.8. The lowest BCUT2D eigenvalue weighted by Gasteiger charge is -2.24. The predicted molar refractivity (Wildman–Crippen MR) is 72.9 cm³/mol. The van der Waals surface area contributed by atoms with E-state index >= 15 is 0 Å². The van der Waals surface area contributed by atoms with Gasteiger partial charge in [0.05, 0.1) is 11.4 Å². The van der Waals surface area contributed by atoms with Gasteiger partial charge >= 0.3 is 0 Å². The standard InChI is InChI=1S/C14H24N2/c1-3-5-6-9-12-16(4-2)14-11-8-7-10-13(14)15/h7-8,10-11H,3-6,9,12,15H2,1-2H3. The summed E-state index contributed by atoms with van der Waals surface area (Å²) >= 11 is 0. The van der Waals surface area contributed by atoms with Gasteiger partial charge < -0.3 is 10.6 Å². The van der Waals surface area contributed by atoms with Crippen molar-refractivity contribution in [2.45, 2.75) is 39.5 Å². The van der Waals surface area contributed by atoms with Gasteiger partial charge in [-0.05, 0) is 25.5 Å². The van der Waals surface area contributed by atoms with Gasteiger partial charge in [-0.1, -0.05) is 38.3 Å². The topological polar surface area (TPSA) is 29.3 Å². The van der Waals surface area contributed by atoms with E-state index in [0.717, 1.165) is 18.8 Å². The quantitative estimate of drug-likeness (QED) is 0.561. The van der Waals surface area contributed by atoms with Crippen molar-refractivity contribution in [2.24, 2.45) is 0 Å². The van der Waals surface area contributed by atoms with Crippen LogP contribution < -0.4 is 10.6 Å². The Hall–Kier alpha value is -1.18. The fourth-order valence-electron chi connectivity index (χ4n) is 1.95. The third-order valence-corrected chi connectivity index (χ3v) is 2.94. The van der Waals surface area contributed by atoms with Gasteiger partial charge in [0, 0.05) is 13.1 Å². The number of nitrogens with two attached hydrogens (primary N) is 1. The minimum atomic E-state index is 0.889. The molecule has 0 unspecified atom stereocenters. The molecule has 0 aliphatic rings. The molecule has 0 bridgehead atoms. The Morgan fingerprint density at radius 3 is 2.44 bits per heavy atom. The van der Waals surface area contributed by atoms with Crippen LogP contribution in [0.3, 0.4) is 0 Å². The summed E-state index contributed by atoms with van der Waals surface area (Å²) in [5.74, 6) is 0. The van der Waals surface area contributed by atoms with Crippen molar-refractivity contribution in [1.82, 2.24) is 0 Å². The molecule has 0 saturated heterocycles. The Morgan fingerprint density at radius 2 is 1.81 bits per heavy atom. The van der Waals surface area contributed by atoms with Gasteiger partial charge in [-0.25, -0.2) is 0 Å². The van der Waals surface area contributed by atoms with Crippen LogP contribution in [0.25, 0.3) is 0 Å². The molecule has 0 heterocycles. The summed E-state index contributed by atoms with van der Waals surface area (Å²) in [6.45, 7) is 6.57. The van der Waals surface area contributed by atoms with Crippen LogP contribution in [-0.4, -0.2) is 13.1 Å². The highest BCUT2D eigenvalue weighted by Crippen LogP contribution is 2.22. The van der Waals surface area contributed by atoms with E-state index in [4.69, 9.17) is 5.73 Å². The van der Waals surface area contributed by atoms with Crippen LogP contribution in [0.1, 0.15) is 39.5 Å². The van der Waals surface area contributed by atoms with E-state index < -0.39 is 0 Å². The van der Waals surface area contributed by atoms with Crippen molar-refractivity contribution in [3.63, 3.8) is 0 Å². The molecule has 1 rings (SSSR count). The molecule has 1 aromatic carbocycles. The molecule has 0 amide bonds. The van der Waals surface area contributed by atoms with Crippen LogP contribution in [-0.2, 0) is 0 Å². The van der Waals surface area contributed by atoms with Gasteiger partial charge in [-0.15, -0.1) is 0 Å². The van der Waals surface area contributed by atoms with Gasteiger partial charge in [-0.3, -0.25) is 0 Å². The van der Waals surface area contributed by atoms with E-state index in [1.165, 1.54) is 31.4 Å². The first-order valence-electron chi connectivity index (χ1n) is 6.39. The normalized spacial score (nSPS) is 10.4. The van der Waals surface area contributed by atoms with Crippen molar-refractivity contribution in [3.8, 4) is 0 Å². The van der Waals surface area contributed by atoms with Gasteiger partial charge in [0.25, 0.3) is 0 Å². The van der Waals surface area contributed by atoms with Crippen LogP contribution >= 0.6 is 0 Å². The Balaban J connectivity index is 2.51. The second-order valence-electron chi connectivity index (χ2n) is 4.20. The molecule has 0 aliphatic heterocycles. The molecule has 2 heteroatoms. The molecule has 16 heavy (non-hydrogen) atoms. The molecule has 1 aromatic rings. The van der Waals surface area contributed by atoms with E-state index in [1.54, 1.807) is 0 Å². The number of rotatable bonds is 7. The number of hydrogen-bond acceptors (Lipinski definition) is 2. The Labute approximate surface area is 99.5 Å². The molecule has 0 aromatic heterocycles. The second-order valence-corrected chi connectivity index (χ2v) is 4.20. The lowest BCUT2D eigenvalue weighted by molar-refractivity contribution is 0.649. The van der Waals surface area contributed by atoms with Crippen LogP contribution in [0, 0.1) is 0 Å².